The minimum absolute atomic E-state index is 0.0744. The largest absolute Gasteiger partial charge is 0.575 e. The number of aldehydes is 1. The highest BCUT2D eigenvalue weighted by Crippen LogP contribution is 2.33. The van der Waals surface area contributed by atoms with Gasteiger partial charge in [-0.3, -0.25) is 4.79 Å². The van der Waals surface area contributed by atoms with Gasteiger partial charge in [-0.25, -0.2) is 0 Å². The first-order valence-electron chi connectivity index (χ1n) is 4.23. The molecule has 1 aromatic rings. The van der Waals surface area contributed by atoms with Crippen molar-refractivity contribution in [1.82, 2.24) is 4.98 Å². The molecule has 1 rings (SSSR count). The summed E-state index contributed by atoms with van der Waals surface area (Å²) in [5.74, 6) is -2.73. The van der Waals surface area contributed by atoms with E-state index in [1.807, 2.05) is 0 Å². The average Bonchev–Trinajstić information content (AvgIpc) is 2.26. The Kier molecular flexibility index (Phi) is 3.69. The van der Waals surface area contributed by atoms with Crippen LogP contribution in [0, 0.1) is 10.1 Å². The second-order valence-electron chi connectivity index (χ2n) is 2.83. The van der Waals surface area contributed by atoms with Crippen LogP contribution in [0.2, 0.25) is 0 Å². The van der Waals surface area contributed by atoms with Crippen LogP contribution in [0.4, 0.5) is 19.0 Å². The van der Waals surface area contributed by atoms with E-state index in [-0.39, 0.29) is 6.29 Å². The summed E-state index contributed by atoms with van der Waals surface area (Å²) in [6, 6.07) is 0.735. The van der Waals surface area contributed by atoms with Gasteiger partial charge in [0.05, 0.1) is 7.11 Å². The van der Waals surface area contributed by atoms with Gasteiger partial charge < -0.3 is 19.6 Å². The summed E-state index contributed by atoms with van der Waals surface area (Å²) in [5.41, 5.74) is -0.522. The fourth-order valence-corrected chi connectivity index (χ4v) is 1.05. The summed E-state index contributed by atoms with van der Waals surface area (Å²) in [6.07, 6.45) is -5.01. The third kappa shape index (κ3) is 3.06. The van der Waals surface area contributed by atoms with Crippen LogP contribution in [0.1, 0.15) is 10.4 Å². The van der Waals surface area contributed by atoms with Gasteiger partial charge in [0.1, 0.15) is 5.56 Å². The minimum atomic E-state index is -5.09. The van der Waals surface area contributed by atoms with Crippen LogP contribution >= 0.6 is 0 Å². The number of carbonyl (C=O) groups excluding carboxylic acids is 1. The molecular formula is C8H5F3N2O5. The van der Waals surface area contributed by atoms with Gasteiger partial charge in [0.2, 0.25) is 5.75 Å². The number of nitrogens with zero attached hydrogens (tertiary/aromatic N) is 2. The highest BCUT2D eigenvalue weighted by atomic mass is 19.4. The number of pyridine rings is 1. The van der Waals surface area contributed by atoms with Crippen molar-refractivity contribution in [2.75, 3.05) is 7.11 Å². The number of ether oxygens (including phenoxy) is 2. The summed E-state index contributed by atoms with van der Waals surface area (Å²) >= 11 is 0. The molecule has 0 spiro atoms. The quantitative estimate of drug-likeness (QED) is 0.468. The molecule has 98 valence electrons. The summed E-state index contributed by atoms with van der Waals surface area (Å²) in [6.45, 7) is 0. The molecule has 0 aliphatic carbocycles. The number of aromatic nitrogens is 1. The zero-order valence-corrected chi connectivity index (χ0v) is 8.72. The van der Waals surface area contributed by atoms with E-state index >= 15 is 0 Å². The summed E-state index contributed by atoms with van der Waals surface area (Å²) in [7, 11) is 1.00. The Hall–Kier alpha value is -2.39. The average molecular weight is 266 g/mol. The predicted octanol–water partition coefficient (Wildman–Crippen LogP) is 1.71. The van der Waals surface area contributed by atoms with Crippen LogP contribution in [0.15, 0.2) is 6.07 Å². The van der Waals surface area contributed by atoms with Gasteiger partial charge in [-0.05, 0) is 4.92 Å². The Labute approximate surface area is 97.3 Å². The molecule has 0 amide bonds. The second-order valence-corrected chi connectivity index (χ2v) is 2.83. The van der Waals surface area contributed by atoms with Crippen LogP contribution in [0.25, 0.3) is 0 Å². The van der Waals surface area contributed by atoms with Crippen molar-refractivity contribution in [3.8, 4) is 11.6 Å². The number of methoxy groups -OCH3 is 1. The molecule has 0 aliphatic rings. The second kappa shape index (κ2) is 4.85. The van der Waals surface area contributed by atoms with Crippen LogP contribution in [-0.4, -0.2) is 29.7 Å². The number of alkyl halides is 3. The molecule has 0 N–H and O–H groups in total. The Morgan fingerprint density at radius 3 is 2.50 bits per heavy atom. The van der Waals surface area contributed by atoms with Crippen molar-refractivity contribution in [2.24, 2.45) is 0 Å². The Morgan fingerprint density at radius 1 is 1.50 bits per heavy atom. The van der Waals surface area contributed by atoms with E-state index in [0.717, 1.165) is 13.2 Å². The first-order chi connectivity index (χ1) is 8.28. The maximum Gasteiger partial charge on any atom is 0.575 e. The molecule has 18 heavy (non-hydrogen) atoms. The topological polar surface area (TPSA) is 91.6 Å². The fraction of sp³-hybridized carbons (Fsp3) is 0.250. The van der Waals surface area contributed by atoms with Crippen LogP contribution in [0.5, 0.6) is 11.6 Å². The summed E-state index contributed by atoms with van der Waals surface area (Å²) < 4.78 is 44.0. The smallest absolute Gasteiger partial charge is 0.489 e. The van der Waals surface area contributed by atoms with Gasteiger partial charge in [-0.1, -0.05) is 0 Å². The Balaban J connectivity index is 3.36. The van der Waals surface area contributed by atoms with Crippen molar-refractivity contribution < 1.29 is 32.4 Å². The lowest BCUT2D eigenvalue weighted by Crippen LogP contribution is -2.19. The van der Waals surface area contributed by atoms with Crippen molar-refractivity contribution in [1.29, 1.82) is 0 Å². The lowest BCUT2D eigenvalue weighted by molar-refractivity contribution is -0.390. The van der Waals surface area contributed by atoms with Crippen molar-refractivity contribution in [3.05, 3.63) is 21.7 Å². The normalized spacial score (nSPS) is 10.9. The maximum absolute atomic E-state index is 12.0. The molecule has 0 bridgehead atoms. The Morgan fingerprint density at radius 2 is 2.11 bits per heavy atom. The molecule has 0 saturated heterocycles. The fourth-order valence-electron chi connectivity index (χ4n) is 1.05. The highest BCUT2D eigenvalue weighted by Gasteiger charge is 2.37. The number of nitro groups is 1. The van der Waals surface area contributed by atoms with E-state index in [1.165, 1.54) is 0 Å². The standard InChI is InChI=1S/C8H5F3N2O5/c1-17-5-2-4(3-14)6(13(15)16)12-7(5)18-8(9,10)11/h2-3H,1H3. The van der Waals surface area contributed by atoms with E-state index in [0.29, 0.717) is 0 Å². The monoisotopic (exact) mass is 266 g/mol. The lowest BCUT2D eigenvalue weighted by atomic mass is 10.2. The molecular weight excluding hydrogens is 261 g/mol. The first-order valence-corrected chi connectivity index (χ1v) is 4.23. The molecule has 0 aromatic carbocycles. The van der Waals surface area contributed by atoms with E-state index in [9.17, 15) is 28.1 Å². The Bertz CT molecular complexity index is 488. The van der Waals surface area contributed by atoms with E-state index in [1.54, 1.807) is 0 Å². The number of rotatable bonds is 4. The van der Waals surface area contributed by atoms with Gasteiger partial charge in [0, 0.05) is 11.1 Å². The van der Waals surface area contributed by atoms with E-state index in [4.69, 9.17) is 0 Å². The highest BCUT2D eigenvalue weighted by molar-refractivity contribution is 5.81. The van der Waals surface area contributed by atoms with Crippen molar-refractivity contribution >= 4 is 12.1 Å². The molecule has 1 heterocycles. The predicted molar refractivity (Wildman–Crippen MR) is 49.5 cm³/mol. The summed E-state index contributed by atoms with van der Waals surface area (Å²) in [5, 5.41) is 10.5. The third-order valence-corrected chi connectivity index (χ3v) is 1.70. The lowest BCUT2D eigenvalue weighted by Gasteiger charge is -2.08. The number of hydrogen-bond acceptors (Lipinski definition) is 6. The molecule has 0 aliphatic heterocycles. The zero-order valence-electron chi connectivity index (χ0n) is 8.72. The van der Waals surface area contributed by atoms with E-state index in [2.05, 4.69) is 14.5 Å². The first kappa shape index (κ1) is 13.7. The van der Waals surface area contributed by atoms with Gasteiger partial charge in [0.15, 0.2) is 6.29 Å². The number of halogens is 3. The molecule has 7 nitrogen and oxygen atoms in total. The third-order valence-electron chi connectivity index (χ3n) is 1.70. The molecule has 0 atom stereocenters. The molecule has 0 radical (unpaired) electrons. The number of carbonyl (C=O) groups is 1. The van der Waals surface area contributed by atoms with Gasteiger partial charge in [-0.15, -0.1) is 13.2 Å². The molecule has 0 unspecified atom stereocenters. The van der Waals surface area contributed by atoms with Gasteiger partial charge in [-0.2, -0.15) is 0 Å². The van der Waals surface area contributed by atoms with E-state index < -0.39 is 34.3 Å². The molecule has 1 aromatic heterocycles. The van der Waals surface area contributed by atoms with Crippen LogP contribution < -0.4 is 9.47 Å². The molecule has 0 saturated carbocycles. The van der Waals surface area contributed by atoms with Crippen LogP contribution in [-0.2, 0) is 0 Å². The molecule has 10 heteroatoms. The van der Waals surface area contributed by atoms with Crippen molar-refractivity contribution in [3.63, 3.8) is 0 Å². The molecule has 0 fully saturated rings. The zero-order chi connectivity index (χ0) is 13.9. The van der Waals surface area contributed by atoms with Gasteiger partial charge >= 0.3 is 18.1 Å². The minimum Gasteiger partial charge on any atom is -0.489 e. The summed E-state index contributed by atoms with van der Waals surface area (Å²) in [4.78, 5) is 22.9. The van der Waals surface area contributed by atoms with Gasteiger partial charge in [0.25, 0.3) is 0 Å². The maximum atomic E-state index is 12.0. The van der Waals surface area contributed by atoms with Crippen molar-refractivity contribution in [2.45, 2.75) is 6.36 Å². The number of hydrogen-bond donors (Lipinski definition) is 0. The van der Waals surface area contributed by atoms with Crippen LogP contribution in [0.3, 0.4) is 0 Å². The SMILES string of the molecule is COc1cc(C=O)c([N+](=O)[O-])nc1OC(F)(F)F.